The first kappa shape index (κ1) is 23.9. The maximum atomic E-state index is 5.60. The van der Waals surface area contributed by atoms with Crippen LogP contribution in [0, 0.1) is 6.92 Å². The molecule has 0 aliphatic rings. The van der Waals surface area contributed by atoms with Crippen LogP contribution in [0.15, 0.2) is 64.2 Å². The third-order valence-corrected chi connectivity index (χ3v) is 4.47. The van der Waals surface area contributed by atoms with Gasteiger partial charge >= 0.3 is 0 Å². The van der Waals surface area contributed by atoms with Crippen molar-refractivity contribution in [2.75, 3.05) is 13.7 Å². The lowest BCUT2D eigenvalue weighted by atomic mass is 10.1. The molecule has 0 saturated carbocycles. The number of hydrogen-bond donors (Lipinski definition) is 2. The molecule has 1 aromatic heterocycles. The first-order valence-corrected chi connectivity index (χ1v) is 9.79. The standard InChI is InChI=1S/C23H28N4O2.HI/c1-4-28-15-19-9-7-18(8-10-19)13-25-23(24-3)26-14-21-16-29-22(27-21)20-11-5-17(2)6-12-20;/h5-12,16H,4,13-15H2,1-3H3,(H2,24,25,26);1H. The summed E-state index contributed by atoms with van der Waals surface area (Å²) < 4.78 is 11.0. The zero-order valence-corrected chi connectivity index (χ0v) is 20.0. The van der Waals surface area contributed by atoms with E-state index in [0.717, 1.165) is 17.9 Å². The van der Waals surface area contributed by atoms with Crippen LogP contribution in [0.1, 0.15) is 29.3 Å². The first-order valence-electron chi connectivity index (χ1n) is 9.79. The molecule has 3 rings (SSSR count). The van der Waals surface area contributed by atoms with Crippen LogP contribution in [0.4, 0.5) is 0 Å². The summed E-state index contributed by atoms with van der Waals surface area (Å²) in [6.45, 7) is 6.64. The average molecular weight is 520 g/mol. The van der Waals surface area contributed by atoms with Crippen LogP contribution in [0.2, 0.25) is 0 Å². The van der Waals surface area contributed by atoms with E-state index >= 15 is 0 Å². The number of nitrogens with one attached hydrogen (secondary N) is 2. The van der Waals surface area contributed by atoms with Crippen molar-refractivity contribution >= 4 is 29.9 Å². The van der Waals surface area contributed by atoms with Crippen LogP contribution >= 0.6 is 24.0 Å². The van der Waals surface area contributed by atoms with E-state index in [-0.39, 0.29) is 24.0 Å². The predicted molar refractivity (Wildman–Crippen MR) is 131 cm³/mol. The van der Waals surface area contributed by atoms with Crippen LogP contribution in [0.3, 0.4) is 0 Å². The van der Waals surface area contributed by atoms with Crippen molar-refractivity contribution in [2.24, 2.45) is 4.99 Å². The summed E-state index contributed by atoms with van der Waals surface area (Å²) in [5.41, 5.74) is 5.35. The highest BCUT2D eigenvalue weighted by Crippen LogP contribution is 2.19. The highest BCUT2D eigenvalue weighted by Gasteiger charge is 2.07. The smallest absolute Gasteiger partial charge is 0.226 e. The Balaban J connectivity index is 0.00000320. The predicted octanol–water partition coefficient (Wildman–Crippen LogP) is 4.67. The lowest BCUT2D eigenvalue weighted by Gasteiger charge is -2.11. The Labute approximate surface area is 195 Å². The lowest BCUT2D eigenvalue weighted by Crippen LogP contribution is -2.36. The minimum Gasteiger partial charge on any atom is -0.444 e. The number of nitrogens with zero attached hydrogens (tertiary/aromatic N) is 2. The fourth-order valence-corrected chi connectivity index (χ4v) is 2.77. The van der Waals surface area contributed by atoms with Crippen LogP contribution in [0.25, 0.3) is 11.5 Å². The molecule has 3 aromatic rings. The molecule has 0 aliphatic carbocycles. The Hall–Kier alpha value is -2.39. The minimum absolute atomic E-state index is 0. The summed E-state index contributed by atoms with van der Waals surface area (Å²) in [7, 11) is 1.75. The van der Waals surface area contributed by atoms with Gasteiger partial charge in [-0.3, -0.25) is 4.99 Å². The van der Waals surface area contributed by atoms with E-state index in [4.69, 9.17) is 9.15 Å². The van der Waals surface area contributed by atoms with Gasteiger partial charge in [0.25, 0.3) is 0 Å². The monoisotopic (exact) mass is 520 g/mol. The number of hydrogen-bond acceptors (Lipinski definition) is 4. The molecule has 0 saturated heterocycles. The third kappa shape index (κ3) is 7.14. The molecule has 2 N–H and O–H groups in total. The molecule has 6 nitrogen and oxygen atoms in total. The molecule has 1 heterocycles. The summed E-state index contributed by atoms with van der Waals surface area (Å²) in [5, 5.41) is 6.58. The van der Waals surface area contributed by atoms with E-state index < -0.39 is 0 Å². The van der Waals surface area contributed by atoms with E-state index in [1.807, 2.05) is 31.2 Å². The molecular weight excluding hydrogens is 491 g/mol. The molecular formula is C23H29IN4O2. The van der Waals surface area contributed by atoms with Crippen molar-refractivity contribution in [3.8, 4) is 11.5 Å². The van der Waals surface area contributed by atoms with Crippen molar-refractivity contribution < 1.29 is 9.15 Å². The number of halogens is 1. The van der Waals surface area contributed by atoms with Gasteiger partial charge in [-0.2, -0.15) is 0 Å². The summed E-state index contributed by atoms with van der Waals surface area (Å²) in [6, 6.07) is 16.5. The Morgan fingerprint density at radius 2 is 1.67 bits per heavy atom. The molecule has 0 spiro atoms. The minimum atomic E-state index is 0. The number of aryl methyl sites for hydroxylation is 1. The van der Waals surface area contributed by atoms with Crippen molar-refractivity contribution in [3.63, 3.8) is 0 Å². The Morgan fingerprint density at radius 1 is 1.00 bits per heavy atom. The molecule has 2 aromatic carbocycles. The summed E-state index contributed by atoms with van der Waals surface area (Å²) >= 11 is 0. The molecule has 0 bridgehead atoms. The molecule has 0 unspecified atom stereocenters. The van der Waals surface area contributed by atoms with Crippen molar-refractivity contribution in [2.45, 2.75) is 33.5 Å². The molecule has 0 atom stereocenters. The molecule has 30 heavy (non-hydrogen) atoms. The van der Waals surface area contributed by atoms with Crippen molar-refractivity contribution in [1.82, 2.24) is 15.6 Å². The van der Waals surface area contributed by atoms with E-state index in [9.17, 15) is 0 Å². The zero-order chi connectivity index (χ0) is 20.5. The number of aliphatic imine (C=N–C) groups is 1. The molecule has 0 radical (unpaired) electrons. The van der Waals surface area contributed by atoms with Gasteiger partial charge in [0.2, 0.25) is 5.89 Å². The van der Waals surface area contributed by atoms with Gasteiger partial charge in [-0.15, -0.1) is 24.0 Å². The maximum Gasteiger partial charge on any atom is 0.226 e. The fourth-order valence-electron chi connectivity index (χ4n) is 2.77. The number of benzene rings is 2. The van der Waals surface area contributed by atoms with Crippen molar-refractivity contribution in [1.29, 1.82) is 0 Å². The highest BCUT2D eigenvalue weighted by molar-refractivity contribution is 14.0. The lowest BCUT2D eigenvalue weighted by molar-refractivity contribution is 0.134. The van der Waals surface area contributed by atoms with Gasteiger partial charge in [-0.25, -0.2) is 4.98 Å². The van der Waals surface area contributed by atoms with E-state index in [0.29, 0.717) is 31.5 Å². The number of aromatic nitrogens is 1. The number of oxazole rings is 1. The topological polar surface area (TPSA) is 71.7 Å². The summed E-state index contributed by atoms with van der Waals surface area (Å²) in [5.74, 6) is 1.33. The SMILES string of the molecule is CCOCc1ccc(CNC(=NC)NCc2coc(-c3ccc(C)cc3)n2)cc1.I. The second-order valence-corrected chi connectivity index (χ2v) is 6.74. The molecule has 0 aliphatic heterocycles. The molecule has 0 fully saturated rings. The maximum absolute atomic E-state index is 5.60. The van der Waals surface area contributed by atoms with Crippen LogP contribution in [0.5, 0.6) is 0 Å². The van der Waals surface area contributed by atoms with Crippen LogP contribution in [-0.2, 0) is 24.4 Å². The normalized spacial score (nSPS) is 11.1. The third-order valence-electron chi connectivity index (χ3n) is 4.47. The molecule has 0 amide bonds. The Bertz CT molecular complexity index is 921. The summed E-state index contributed by atoms with van der Waals surface area (Å²) in [4.78, 5) is 8.81. The fraction of sp³-hybridized carbons (Fsp3) is 0.304. The summed E-state index contributed by atoms with van der Waals surface area (Å²) in [6.07, 6.45) is 1.67. The average Bonchev–Trinajstić information content (AvgIpc) is 3.22. The Kier molecular flexibility index (Phi) is 9.82. The van der Waals surface area contributed by atoms with Gasteiger partial charge < -0.3 is 19.8 Å². The van der Waals surface area contributed by atoms with E-state index in [2.05, 4.69) is 51.8 Å². The number of ether oxygens (including phenoxy) is 1. The second kappa shape index (κ2) is 12.3. The zero-order valence-electron chi connectivity index (χ0n) is 17.6. The largest absolute Gasteiger partial charge is 0.444 e. The molecule has 160 valence electrons. The van der Waals surface area contributed by atoms with Gasteiger partial charge in [0.05, 0.1) is 18.8 Å². The highest BCUT2D eigenvalue weighted by atomic mass is 127. The van der Waals surface area contributed by atoms with Gasteiger partial charge in [0, 0.05) is 25.8 Å². The number of rotatable bonds is 8. The molecule has 7 heteroatoms. The van der Waals surface area contributed by atoms with E-state index in [1.54, 1.807) is 13.3 Å². The Morgan fingerprint density at radius 3 is 2.33 bits per heavy atom. The van der Waals surface area contributed by atoms with Gasteiger partial charge in [0.1, 0.15) is 6.26 Å². The quantitative estimate of drug-likeness (QED) is 0.257. The first-order chi connectivity index (χ1) is 14.2. The number of guanidine groups is 1. The van der Waals surface area contributed by atoms with Crippen LogP contribution < -0.4 is 10.6 Å². The van der Waals surface area contributed by atoms with Gasteiger partial charge in [-0.1, -0.05) is 42.0 Å². The van der Waals surface area contributed by atoms with Gasteiger partial charge in [0.15, 0.2) is 5.96 Å². The van der Waals surface area contributed by atoms with Gasteiger partial charge in [-0.05, 0) is 37.1 Å². The van der Waals surface area contributed by atoms with Crippen LogP contribution in [-0.4, -0.2) is 24.6 Å². The van der Waals surface area contributed by atoms with Crippen molar-refractivity contribution in [3.05, 3.63) is 77.2 Å². The second-order valence-electron chi connectivity index (χ2n) is 6.74. The van der Waals surface area contributed by atoms with E-state index in [1.165, 1.54) is 16.7 Å².